The van der Waals surface area contributed by atoms with Crippen LogP contribution in [0.5, 0.6) is 0 Å². The number of rotatable bonds is 4. The second kappa shape index (κ2) is 5.63. The molecule has 0 amide bonds. The van der Waals surface area contributed by atoms with Crippen molar-refractivity contribution in [3.8, 4) is 0 Å². The van der Waals surface area contributed by atoms with E-state index in [1.165, 1.54) is 17.4 Å². The first-order valence-corrected chi connectivity index (χ1v) is 6.53. The van der Waals surface area contributed by atoms with Crippen molar-refractivity contribution < 1.29 is 13.2 Å². The molecular weight excluding hydrogens is 291 g/mol. The molecule has 4 N–H and O–H groups in total. The van der Waals surface area contributed by atoms with Crippen molar-refractivity contribution in [2.75, 3.05) is 10.7 Å². The van der Waals surface area contributed by atoms with Crippen molar-refractivity contribution in [2.45, 2.75) is 19.6 Å². The Bertz CT molecular complexity index is 596. The SMILES string of the molecule is Cc1cscc1CNc1cc(NN)nc(C(F)(F)F)n1. The molecule has 0 bridgehead atoms. The average molecular weight is 303 g/mol. The van der Waals surface area contributed by atoms with Crippen LogP contribution in [0.4, 0.5) is 24.8 Å². The number of thiophene rings is 1. The van der Waals surface area contributed by atoms with Crippen molar-refractivity contribution >= 4 is 23.0 Å². The van der Waals surface area contributed by atoms with Crippen LogP contribution in [-0.2, 0) is 12.7 Å². The summed E-state index contributed by atoms with van der Waals surface area (Å²) >= 11 is 1.53. The molecule has 0 aromatic carbocycles. The van der Waals surface area contributed by atoms with E-state index < -0.39 is 12.0 Å². The zero-order valence-electron chi connectivity index (χ0n) is 10.5. The average Bonchev–Trinajstić information content (AvgIpc) is 2.80. The monoisotopic (exact) mass is 303 g/mol. The molecule has 5 nitrogen and oxygen atoms in total. The Kier molecular flexibility index (Phi) is 4.09. The van der Waals surface area contributed by atoms with Gasteiger partial charge in [0, 0.05) is 12.6 Å². The third-order valence-electron chi connectivity index (χ3n) is 2.55. The summed E-state index contributed by atoms with van der Waals surface area (Å²) in [4.78, 5) is 6.72. The van der Waals surface area contributed by atoms with Crippen LogP contribution in [0, 0.1) is 6.92 Å². The summed E-state index contributed by atoms with van der Waals surface area (Å²) in [7, 11) is 0. The minimum Gasteiger partial charge on any atom is -0.366 e. The largest absolute Gasteiger partial charge is 0.451 e. The minimum absolute atomic E-state index is 0.0610. The Hall–Kier alpha value is -1.87. The molecular formula is C11H12F3N5S. The Morgan fingerprint density at radius 1 is 1.25 bits per heavy atom. The molecule has 0 unspecified atom stereocenters. The maximum Gasteiger partial charge on any atom is 0.451 e. The highest BCUT2D eigenvalue weighted by Gasteiger charge is 2.35. The van der Waals surface area contributed by atoms with E-state index in [1.807, 2.05) is 17.7 Å². The molecule has 0 radical (unpaired) electrons. The van der Waals surface area contributed by atoms with Gasteiger partial charge in [-0.25, -0.2) is 15.8 Å². The Morgan fingerprint density at radius 3 is 2.50 bits per heavy atom. The van der Waals surface area contributed by atoms with Gasteiger partial charge in [-0.15, -0.1) is 0 Å². The van der Waals surface area contributed by atoms with Crippen LogP contribution in [0.1, 0.15) is 17.0 Å². The fourth-order valence-electron chi connectivity index (χ4n) is 1.49. The molecule has 0 saturated heterocycles. The lowest BCUT2D eigenvalue weighted by Crippen LogP contribution is -2.17. The summed E-state index contributed by atoms with van der Waals surface area (Å²) in [5.74, 6) is 3.83. The molecule has 0 saturated carbocycles. The lowest BCUT2D eigenvalue weighted by Gasteiger charge is -2.11. The highest BCUT2D eigenvalue weighted by atomic mass is 32.1. The van der Waals surface area contributed by atoms with Gasteiger partial charge in [0.05, 0.1) is 0 Å². The van der Waals surface area contributed by atoms with Gasteiger partial charge >= 0.3 is 6.18 Å². The first-order chi connectivity index (χ1) is 9.40. The standard InChI is InChI=1S/C11H12F3N5S/c1-6-4-20-5-7(6)3-16-8-2-9(19-15)18-10(17-8)11(12,13)14/h2,4-5H,3,15H2,1H3,(H2,16,17,18,19). The number of alkyl halides is 3. The summed E-state index contributed by atoms with van der Waals surface area (Å²) in [6.45, 7) is 2.31. The van der Waals surface area contributed by atoms with Crippen LogP contribution >= 0.6 is 11.3 Å². The first-order valence-electron chi connectivity index (χ1n) is 5.58. The van der Waals surface area contributed by atoms with E-state index >= 15 is 0 Å². The van der Waals surface area contributed by atoms with Crippen LogP contribution in [0.3, 0.4) is 0 Å². The third kappa shape index (κ3) is 3.36. The molecule has 2 aromatic rings. The highest BCUT2D eigenvalue weighted by Crippen LogP contribution is 2.28. The van der Waals surface area contributed by atoms with Gasteiger partial charge in [0.25, 0.3) is 0 Å². The second-order valence-corrected chi connectivity index (χ2v) is 4.78. The van der Waals surface area contributed by atoms with Crippen LogP contribution in [-0.4, -0.2) is 9.97 Å². The van der Waals surface area contributed by atoms with Gasteiger partial charge in [-0.3, -0.25) is 0 Å². The van der Waals surface area contributed by atoms with Gasteiger partial charge in [0.2, 0.25) is 5.82 Å². The van der Waals surface area contributed by atoms with Crippen molar-refractivity contribution in [1.82, 2.24) is 9.97 Å². The number of aromatic nitrogens is 2. The van der Waals surface area contributed by atoms with Gasteiger partial charge < -0.3 is 10.7 Å². The number of anilines is 2. The molecule has 0 aliphatic carbocycles. The van der Waals surface area contributed by atoms with E-state index in [4.69, 9.17) is 5.84 Å². The number of aryl methyl sites for hydroxylation is 1. The van der Waals surface area contributed by atoms with Crippen molar-refractivity contribution in [3.05, 3.63) is 33.8 Å². The van der Waals surface area contributed by atoms with Gasteiger partial charge in [0.1, 0.15) is 11.6 Å². The lowest BCUT2D eigenvalue weighted by atomic mass is 10.2. The summed E-state index contributed by atoms with van der Waals surface area (Å²) in [5.41, 5.74) is 4.17. The molecule has 0 aliphatic rings. The molecule has 2 heterocycles. The number of nitrogen functional groups attached to an aromatic ring is 1. The van der Waals surface area contributed by atoms with Crippen LogP contribution in [0.25, 0.3) is 0 Å². The van der Waals surface area contributed by atoms with E-state index in [9.17, 15) is 13.2 Å². The minimum atomic E-state index is -4.62. The Labute approximate surface area is 117 Å². The zero-order chi connectivity index (χ0) is 14.8. The predicted molar refractivity (Wildman–Crippen MR) is 71.2 cm³/mol. The fourth-order valence-corrected chi connectivity index (χ4v) is 2.35. The third-order valence-corrected chi connectivity index (χ3v) is 3.46. The molecule has 0 aliphatic heterocycles. The quantitative estimate of drug-likeness (QED) is 0.598. The molecule has 0 fully saturated rings. The van der Waals surface area contributed by atoms with Gasteiger partial charge in [-0.1, -0.05) is 0 Å². The number of hydrogen-bond acceptors (Lipinski definition) is 6. The smallest absolute Gasteiger partial charge is 0.366 e. The molecule has 0 spiro atoms. The Balaban J connectivity index is 2.21. The maximum atomic E-state index is 12.6. The Morgan fingerprint density at radius 2 is 1.95 bits per heavy atom. The maximum absolute atomic E-state index is 12.6. The van der Waals surface area contributed by atoms with E-state index in [-0.39, 0.29) is 11.6 Å². The number of hydrazine groups is 1. The van der Waals surface area contributed by atoms with Crippen LogP contribution in [0.15, 0.2) is 16.8 Å². The molecule has 2 rings (SSSR count). The topological polar surface area (TPSA) is 75.9 Å². The van der Waals surface area contributed by atoms with Gasteiger partial charge in [-0.05, 0) is 28.8 Å². The summed E-state index contributed by atoms with van der Waals surface area (Å²) < 4.78 is 37.9. The second-order valence-electron chi connectivity index (χ2n) is 4.04. The number of halogens is 3. The summed E-state index contributed by atoms with van der Waals surface area (Å²) in [5, 5.41) is 6.73. The zero-order valence-corrected chi connectivity index (χ0v) is 11.3. The van der Waals surface area contributed by atoms with Crippen LogP contribution in [0.2, 0.25) is 0 Å². The molecule has 2 aromatic heterocycles. The number of nitrogens with two attached hydrogens (primary N) is 1. The first kappa shape index (κ1) is 14.5. The van der Waals surface area contributed by atoms with E-state index in [2.05, 4.69) is 20.7 Å². The normalized spacial score (nSPS) is 11.4. The van der Waals surface area contributed by atoms with Crippen molar-refractivity contribution in [3.63, 3.8) is 0 Å². The fraction of sp³-hybridized carbons (Fsp3) is 0.273. The van der Waals surface area contributed by atoms with Gasteiger partial charge in [0.15, 0.2) is 0 Å². The van der Waals surface area contributed by atoms with E-state index in [1.54, 1.807) is 0 Å². The van der Waals surface area contributed by atoms with Crippen LogP contribution < -0.4 is 16.6 Å². The van der Waals surface area contributed by atoms with Gasteiger partial charge in [-0.2, -0.15) is 24.5 Å². The number of nitrogens with zero attached hydrogens (tertiary/aromatic N) is 2. The highest BCUT2D eigenvalue weighted by molar-refractivity contribution is 7.08. The molecule has 20 heavy (non-hydrogen) atoms. The predicted octanol–water partition coefficient (Wildman–Crippen LogP) is 2.76. The van der Waals surface area contributed by atoms with E-state index in [0.29, 0.717) is 6.54 Å². The molecule has 108 valence electrons. The number of nitrogens with one attached hydrogen (secondary N) is 2. The van der Waals surface area contributed by atoms with Crippen molar-refractivity contribution in [1.29, 1.82) is 0 Å². The molecule has 9 heteroatoms. The lowest BCUT2D eigenvalue weighted by molar-refractivity contribution is -0.144. The van der Waals surface area contributed by atoms with Crippen molar-refractivity contribution in [2.24, 2.45) is 5.84 Å². The summed E-state index contributed by atoms with van der Waals surface area (Å²) in [6, 6.07) is 1.32. The number of hydrogen-bond donors (Lipinski definition) is 3. The molecule has 0 atom stereocenters. The van der Waals surface area contributed by atoms with E-state index in [0.717, 1.165) is 11.1 Å². The summed E-state index contributed by atoms with van der Waals surface area (Å²) in [6.07, 6.45) is -4.62.